The Kier molecular flexibility index (Phi) is 5.81. The molecule has 0 bridgehead atoms. The molecule has 0 spiro atoms. The number of nitrogens with one attached hydrogen (secondary N) is 1. The maximum atomic E-state index is 13.7. The summed E-state index contributed by atoms with van der Waals surface area (Å²) in [5, 5.41) is 2.48. The van der Waals surface area contributed by atoms with Crippen LogP contribution in [0.4, 0.5) is 14.5 Å². The summed E-state index contributed by atoms with van der Waals surface area (Å²) in [7, 11) is -3.62. The smallest absolute Gasteiger partial charge is 0.258 e. The van der Waals surface area contributed by atoms with Crippen LogP contribution in [0.2, 0.25) is 0 Å². The summed E-state index contributed by atoms with van der Waals surface area (Å²) in [6.45, 7) is 5.03. The first-order chi connectivity index (χ1) is 13.2. The molecule has 2 aromatic carbocycles. The number of anilines is 1. The number of carbonyl (C=O) groups excluding carboxylic acids is 1. The Morgan fingerprint density at radius 2 is 1.64 bits per heavy atom. The maximum absolute atomic E-state index is 13.7. The van der Waals surface area contributed by atoms with Crippen molar-refractivity contribution in [1.29, 1.82) is 0 Å². The predicted molar refractivity (Wildman–Crippen MR) is 102 cm³/mol. The number of rotatable bonds is 4. The zero-order valence-electron chi connectivity index (χ0n) is 15.7. The van der Waals surface area contributed by atoms with Gasteiger partial charge in [0.2, 0.25) is 10.0 Å². The average molecular weight is 408 g/mol. The Bertz CT molecular complexity index is 967. The van der Waals surface area contributed by atoms with Gasteiger partial charge in [-0.2, -0.15) is 4.31 Å². The Morgan fingerprint density at radius 1 is 1.04 bits per heavy atom. The van der Waals surface area contributed by atoms with E-state index < -0.39 is 27.6 Å². The van der Waals surface area contributed by atoms with Crippen LogP contribution in [0.3, 0.4) is 0 Å². The number of hydrogen-bond acceptors (Lipinski definition) is 3. The van der Waals surface area contributed by atoms with Crippen LogP contribution < -0.4 is 5.32 Å². The van der Waals surface area contributed by atoms with E-state index in [1.165, 1.54) is 28.6 Å². The van der Waals surface area contributed by atoms with Crippen molar-refractivity contribution in [3.63, 3.8) is 0 Å². The highest BCUT2D eigenvalue weighted by Crippen LogP contribution is 2.27. The van der Waals surface area contributed by atoms with Gasteiger partial charge in [0.05, 0.1) is 10.5 Å². The quantitative estimate of drug-likeness (QED) is 0.835. The van der Waals surface area contributed by atoms with Gasteiger partial charge in [-0.1, -0.05) is 13.8 Å². The van der Waals surface area contributed by atoms with Crippen molar-refractivity contribution in [1.82, 2.24) is 4.31 Å². The van der Waals surface area contributed by atoms with E-state index in [0.717, 1.165) is 18.6 Å². The number of piperidine rings is 1. The normalized spacial score (nSPS) is 20.7. The minimum absolute atomic E-state index is 0.139. The molecule has 0 aromatic heterocycles. The number of amides is 1. The van der Waals surface area contributed by atoms with Crippen molar-refractivity contribution < 1.29 is 22.0 Å². The molecule has 1 amide bonds. The predicted octanol–water partition coefficient (Wildman–Crippen LogP) is 3.88. The van der Waals surface area contributed by atoms with E-state index in [1.807, 2.05) is 13.8 Å². The number of carbonyl (C=O) groups is 1. The minimum atomic E-state index is -3.62. The van der Waals surface area contributed by atoms with Gasteiger partial charge in [0.25, 0.3) is 5.91 Å². The second-order valence-corrected chi connectivity index (χ2v) is 9.31. The van der Waals surface area contributed by atoms with Gasteiger partial charge in [-0.05, 0) is 54.7 Å². The minimum Gasteiger partial charge on any atom is -0.322 e. The van der Waals surface area contributed by atoms with Crippen LogP contribution >= 0.6 is 0 Å². The number of sulfonamides is 1. The Labute approximate surface area is 163 Å². The second-order valence-electron chi connectivity index (χ2n) is 7.37. The summed E-state index contributed by atoms with van der Waals surface area (Å²) in [6.07, 6.45) is 0.997. The molecule has 2 aromatic rings. The summed E-state index contributed by atoms with van der Waals surface area (Å²) in [5.74, 6) is -1.90. The van der Waals surface area contributed by atoms with Gasteiger partial charge in [0.15, 0.2) is 0 Å². The van der Waals surface area contributed by atoms with Crippen molar-refractivity contribution in [2.24, 2.45) is 11.8 Å². The molecular weight excluding hydrogens is 386 g/mol. The van der Waals surface area contributed by atoms with Crippen LogP contribution in [0.25, 0.3) is 0 Å². The van der Waals surface area contributed by atoms with Crippen molar-refractivity contribution in [3.05, 3.63) is 59.7 Å². The molecule has 2 atom stereocenters. The molecular formula is C20H22F2N2O3S. The van der Waals surface area contributed by atoms with E-state index in [-0.39, 0.29) is 10.5 Å². The molecule has 3 rings (SSSR count). The molecule has 8 heteroatoms. The molecule has 1 fully saturated rings. The first kappa shape index (κ1) is 20.4. The molecule has 1 heterocycles. The molecule has 1 aliphatic rings. The number of hydrogen-bond donors (Lipinski definition) is 1. The van der Waals surface area contributed by atoms with Crippen LogP contribution in [0, 0.1) is 23.5 Å². The van der Waals surface area contributed by atoms with Crippen LogP contribution in [-0.4, -0.2) is 31.7 Å². The first-order valence-corrected chi connectivity index (χ1v) is 10.5. The fourth-order valence-corrected chi connectivity index (χ4v) is 5.21. The number of nitrogens with zero attached hydrogens (tertiary/aromatic N) is 1. The van der Waals surface area contributed by atoms with Crippen molar-refractivity contribution in [2.45, 2.75) is 25.2 Å². The second kappa shape index (κ2) is 7.97. The molecule has 150 valence electrons. The fraction of sp³-hybridized carbons (Fsp3) is 0.350. The van der Waals surface area contributed by atoms with E-state index in [0.29, 0.717) is 36.7 Å². The van der Waals surface area contributed by atoms with E-state index >= 15 is 0 Å². The molecule has 28 heavy (non-hydrogen) atoms. The zero-order valence-corrected chi connectivity index (χ0v) is 16.5. The molecule has 2 unspecified atom stereocenters. The van der Waals surface area contributed by atoms with Crippen LogP contribution in [0.15, 0.2) is 47.4 Å². The first-order valence-electron chi connectivity index (χ1n) is 9.03. The monoisotopic (exact) mass is 408 g/mol. The van der Waals surface area contributed by atoms with Crippen molar-refractivity contribution in [3.8, 4) is 0 Å². The molecule has 5 nitrogen and oxygen atoms in total. The van der Waals surface area contributed by atoms with Crippen molar-refractivity contribution in [2.75, 3.05) is 18.4 Å². The molecule has 1 aliphatic heterocycles. The zero-order chi connectivity index (χ0) is 20.5. The summed E-state index contributed by atoms with van der Waals surface area (Å²) >= 11 is 0. The Hall–Kier alpha value is -2.32. The van der Waals surface area contributed by atoms with Crippen molar-refractivity contribution >= 4 is 21.6 Å². The molecule has 0 aliphatic carbocycles. The van der Waals surface area contributed by atoms with Gasteiger partial charge in [-0.15, -0.1) is 0 Å². The molecule has 1 N–H and O–H groups in total. The third-order valence-electron chi connectivity index (χ3n) is 4.76. The number of benzene rings is 2. The SMILES string of the molecule is CC1CC(C)CN(S(=O)(=O)c2ccc(NC(=O)c3ccc(F)cc3F)cc2)C1. The lowest BCUT2D eigenvalue weighted by atomic mass is 9.94. The molecule has 0 saturated carbocycles. The van der Waals surface area contributed by atoms with Gasteiger partial charge in [-0.25, -0.2) is 17.2 Å². The van der Waals surface area contributed by atoms with Gasteiger partial charge in [-0.3, -0.25) is 4.79 Å². The van der Waals surface area contributed by atoms with Gasteiger partial charge < -0.3 is 5.32 Å². The largest absolute Gasteiger partial charge is 0.322 e. The Balaban J connectivity index is 1.75. The topological polar surface area (TPSA) is 66.5 Å². The standard InChI is InChI=1S/C20H22F2N2O3S/c1-13-9-14(2)12-24(11-13)28(26,27)17-6-4-16(5-7-17)23-20(25)18-8-3-15(21)10-19(18)22/h3-8,10,13-14H,9,11-12H2,1-2H3,(H,23,25). The van der Waals surface area contributed by atoms with Crippen LogP contribution in [-0.2, 0) is 10.0 Å². The fourth-order valence-electron chi connectivity index (χ4n) is 3.53. The highest BCUT2D eigenvalue weighted by Gasteiger charge is 2.31. The van der Waals surface area contributed by atoms with Gasteiger partial charge in [0, 0.05) is 24.8 Å². The third kappa shape index (κ3) is 4.39. The Morgan fingerprint density at radius 3 is 2.21 bits per heavy atom. The van der Waals surface area contributed by atoms with Gasteiger partial charge in [0.1, 0.15) is 11.6 Å². The molecule has 1 saturated heterocycles. The maximum Gasteiger partial charge on any atom is 0.258 e. The average Bonchev–Trinajstić information content (AvgIpc) is 2.61. The lowest BCUT2D eigenvalue weighted by molar-refractivity contribution is 0.102. The third-order valence-corrected chi connectivity index (χ3v) is 6.61. The van der Waals surface area contributed by atoms with E-state index in [9.17, 15) is 22.0 Å². The number of halogens is 2. The highest BCUT2D eigenvalue weighted by atomic mass is 32.2. The van der Waals surface area contributed by atoms with Gasteiger partial charge >= 0.3 is 0 Å². The highest BCUT2D eigenvalue weighted by molar-refractivity contribution is 7.89. The summed E-state index contributed by atoms with van der Waals surface area (Å²) in [5.41, 5.74) is 0.0162. The van der Waals surface area contributed by atoms with E-state index in [4.69, 9.17) is 0 Å². The summed E-state index contributed by atoms with van der Waals surface area (Å²) in [6, 6.07) is 8.40. The lowest BCUT2D eigenvalue weighted by Gasteiger charge is -2.34. The van der Waals surface area contributed by atoms with E-state index in [2.05, 4.69) is 5.32 Å². The molecule has 0 radical (unpaired) electrons. The summed E-state index contributed by atoms with van der Waals surface area (Å²) in [4.78, 5) is 12.3. The lowest BCUT2D eigenvalue weighted by Crippen LogP contribution is -2.42. The summed E-state index contributed by atoms with van der Waals surface area (Å²) < 4.78 is 53.9. The van der Waals surface area contributed by atoms with E-state index in [1.54, 1.807) is 0 Å². The van der Waals surface area contributed by atoms with Crippen LogP contribution in [0.5, 0.6) is 0 Å². The van der Waals surface area contributed by atoms with Crippen LogP contribution in [0.1, 0.15) is 30.6 Å².